The van der Waals surface area contributed by atoms with Crippen LogP contribution in [-0.2, 0) is 6.54 Å². The van der Waals surface area contributed by atoms with E-state index in [0.29, 0.717) is 28.8 Å². The van der Waals surface area contributed by atoms with E-state index in [2.05, 4.69) is 15.5 Å². The molecule has 0 atom stereocenters. The van der Waals surface area contributed by atoms with E-state index in [1.54, 1.807) is 6.20 Å². The number of hydrogen-bond acceptors (Lipinski definition) is 5. The zero-order valence-corrected chi connectivity index (χ0v) is 15.9. The maximum atomic E-state index is 12.7. The molecule has 0 aliphatic rings. The van der Waals surface area contributed by atoms with Crippen molar-refractivity contribution in [2.45, 2.75) is 27.3 Å². The van der Waals surface area contributed by atoms with Gasteiger partial charge < -0.3 is 14.3 Å². The van der Waals surface area contributed by atoms with Gasteiger partial charge in [-0.2, -0.15) is 0 Å². The zero-order valence-electron chi connectivity index (χ0n) is 15.9. The van der Waals surface area contributed by atoms with Crippen LogP contribution in [0.3, 0.4) is 0 Å². The molecule has 0 saturated carbocycles. The van der Waals surface area contributed by atoms with E-state index >= 15 is 0 Å². The topological polar surface area (TPSA) is 86.1 Å². The summed E-state index contributed by atoms with van der Waals surface area (Å²) in [7, 11) is 0. The summed E-state index contributed by atoms with van der Waals surface area (Å²) in [5, 5.41) is 6.90. The molecular weight excluding hydrogens is 356 g/mol. The molecule has 0 aliphatic heterocycles. The average molecular weight is 376 g/mol. The lowest BCUT2D eigenvalue weighted by molar-refractivity contribution is 0.0946. The van der Waals surface area contributed by atoms with Crippen LogP contribution in [0, 0.1) is 20.8 Å². The Bertz CT molecular complexity index is 1120. The summed E-state index contributed by atoms with van der Waals surface area (Å²) < 4.78 is 12.8. The molecule has 7 nitrogen and oxygen atoms in total. The van der Waals surface area contributed by atoms with E-state index in [9.17, 15) is 4.79 Å². The Kier molecular flexibility index (Phi) is 4.57. The molecule has 3 aromatic heterocycles. The fourth-order valence-electron chi connectivity index (χ4n) is 3.18. The molecule has 0 aliphatic carbocycles. The van der Waals surface area contributed by atoms with Crippen molar-refractivity contribution in [1.29, 1.82) is 0 Å². The summed E-state index contributed by atoms with van der Waals surface area (Å²) in [5.74, 6) is 2.30. The van der Waals surface area contributed by atoms with Crippen LogP contribution in [0.1, 0.15) is 33.4 Å². The lowest BCUT2D eigenvalue weighted by Gasteiger charge is -2.05. The number of carbonyl (C=O) groups excluding carboxylic acids is 1. The van der Waals surface area contributed by atoms with Crippen LogP contribution in [0.25, 0.3) is 17.1 Å². The van der Waals surface area contributed by atoms with Crippen LogP contribution in [-0.4, -0.2) is 20.6 Å². The second-order valence-corrected chi connectivity index (χ2v) is 6.58. The van der Waals surface area contributed by atoms with Crippen molar-refractivity contribution in [1.82, 2.24) is 20.0 Å². The molecule has 0 radical (unpaired) electrons. The van der Waals surface area contributed by atoms with Crippen molar-refractivity contribution in [3.63, 3.8) is 0 Å². The van der Waals surface area contributed by atoms with E-state index in [1.165, 1.54) is 0 Å². The van der Waals surface area contributed by atoms with Gasteiger partial charge in [-0.1, -0.05) is 35.5 Å². The summed E-state index contributed by atoms with van der Waals surface area (Å²) in [5.41, 5.74) is 3.21. The minimum atomic E-state index is -0.195. The first-order valence-electron chi connectivity index (χ1n) is 8.94. The number of nitrogens with zero attached hydrogens (tertiary/aromatic N) is 3. The second kappa shape index (κ2) is 7.19. The number of amides is 1. The molecule has 3 heterocycles. The van der Waals surface area contributed by atoms with Crippen molar-refractivity contribution in [3.8, 4) is 17.1 Å². The van der Waals surface area contributed by atoms with Crippen molar-refractivity contribution < 1.29 is 13.7 Å². The Morgan fingerprint density at radius 3 is 2.64 bits per heavy atom. The highest BCUT2D eigenvalue weighted by Gasteiger charge is 2.19. The first-order chi connectivity index (χ1) is 13.5. The van der Waals surface area contributed by atoms with Gasteiger partial charge in [0.05, 0.1) is 18.3 Å². The summed E-state index contributed by atoms with van der Waals surface area (Å²) in [4.78, 5) is 16.9. The van der Waals surface area contributed by atoms with Crippen LogP contribution < -0.4 is 5.32 Å². The van der Waals surface area contributed by atoms with E-state index in [4.69, 9.17) is 8.94 Å². The monoisotopic (exact) mass is 376 g/mol. The second-order valence-electron chi connectivity index (χ2n) is 6.58. The van der Waals surface area contributed by atoms with Gasteiger partial charge in [0, 0.05) is 23.0 Å². The molecule has 1 aromatic carbocycles. The van der Waals surface area contributed by atoms with Gasteiger partial charge >= 0.3 is 0 Å². The fraction of sp³-hybridized carbons (Fsp3) is 0.190. The van der Waals surface area contributed by atoms with Gasteiger partial charge in [-0.25, -0.2) is 4.98 Å². The van der Waals surface area contributed by atoms with E-state index in [1.807, 2.05) is 67.8 Å². The molecule has 0 fully saturated rings. The van der Waals surface area contributed by atoms with Crippen molar-refractivity contribution >= 4 is 5.91 Å². The van der Waals surface area contributed by atoms with Crippen LogP contribution in [0.2, 0.25) is 0 Å². The standard InChI is InChI=1S/C21H20N4O3/c1-13-9-17(15(3)25(13)19-10-14(2)28-24-19)21(26)23-12-20-22-11-18(27-20)16-7-5-4-6-8-16/h4-11H,12H2,1-3H3,(H,23,26). The third-order valence-corrected chi connectivity index (χ3v) is 4.53. The number of aromatic nitrogens is 3. The normalized spacial score (nSPS) is 11.0. The molecule has 4 rings (SSSR count). The maximum Gasteiger partial charge on any atom is 0.253 e. The van der Waals surface area contributed by atoms with Crippen LogP contribution in [0.4, 0.5) is 0 Å². The molecule has 1 amide bonds. The van der Waals surface area contributed by atoms with Crippen LogP contribution in [0.5, 0.6) is 0 Å². The molecule has 28 heavy (non-hydrogen) atoms. The minimum absolute atomic E-state index is 0.195. The molecule has 142 valence electrons. The number of nitrogens with one attached hydrogen (secondary N) is 1. The van der Waals surface area contributed by atoms with Gasteiger partial charge in [-0.05, 0) is 26.8 Å². The largest absolute Gasteiger partial charge is 0.439 e. The first kappa shape index (κ1) is 17.8. The predicted molar refractivity (Wildman–Crippen MR) is 103 cm³/mol. The van der Waals surface area contributed by atoms with E-state index < -0.39 is 0 Å². The molecule has 0 unspecified atom stereocenters. The van der Waals surface area contributed by atoms with E-state index in [-0.39, 0.29) is 12.5 Å². The number of rotatable bonds is 5. The van der Waals surface area contributed by atoms with Gasteiger partial charge in [0.2, 0.25) is 5.89 Å². The summed E-state index contributed by atoms with van der Waals surface area (Å²) >= 11 is 0. The molecular formula is C21H20N4O3. The molecule has 0 bridgehead atoms. The van der Waals surface area contributed by atoms with Crippen LogP contribution >= 0.6 is 0 Å². The third kappa shape index (κ3) is 3.34. The van der Waals surface area contributed by atoms with Gasteiger partial charge in [-0.15, -0.1) is 0 Å². The molecule has 0 spiro atoms. The molecule has 0 saturated heterocycles. The zero-order chi connectivity index (χ0) is 19.7. The molecule has 1 N–H and O–H groups in total. The first-order valence-corrected chi connectivity index (χ1v) is 8.94. The predicted octanol–water partition coefficient (Wildman–Crippen LogP) is 3.98. The Labute approximate surface area is 162 Å². The summed E-state index contributed by atoms with van der Waals surface area (Å²) in [6.07, 6.45) is 1.66. The minimum Gasteiger partial charge on any atom is -0.439 e. The van der Waals surface area contributed by atoms with Gasteiger partial charge in [-0.3, -0.25) is 9.36 Å². The average Bonchev–Trinajstić information content (AvgIpc) is 3.40. The Hall–Kier alpha value is -3.61. The highest BCUT2D eigenvalue weighted by atomic mass is 16.5. The number of hydrogen-bond donors (Lipinski definition) is 1. The maximum absolute atomic E-state index is 12.7. The summed E-state index contributed by atoms with van der Waals surface area (Å²) in [6, 6.07) is 13.4. The lowest BCUT2D eigenvalue weighted by Crippen LogP contribution is -2.23. The highest BCUT2D eigenvalue weighted by Crippen LogP contribution is 2.22. The summed E-state index contributed by atoms with van der Waals surface area (Å²) in [6.45, 7) is 5.84. The fourth-order valence-corrected chi connectivity index (χ4v) is 3.18. The highest BCUT2D eigenvalue weighted by molar-refractivity contribution is 5.95. The molecule has 4 aromatic rings. The smallest absolute Gasteiger partial charge is 0.253 e. The van der Waals surface area contributed by atoms with Crippen molar-refractivity contribution in [3.05, 3.63) is 77.3 Å². The SMILES string of the molecule is Cc1cc(-n2c(C)cc(C(=O)NCc3ncc(-c4ccccc4)o3)c2C)no1. The number of oxazole rings is 1. The Morgan fingerprint density at radius 2 is 1.93 bits per heavy atom. The Morgan fingerprint density at radius 1 is 1.14 bits per heavy atom. The number of benzene rings is 1. The molecule has 7 heteroatoms. The number of aryl methyl sites for hydroxylation is 2. The van der Waals surface area contributed by atoms with Crippen molar-refractivity contribution in [2.75, 3.05) is 0 Å². The van der Waals surface area contributed by atoms with Crippen LogP contribution in [0.15, 0.2) is 57.6 Å². The van der Waals surface area contributed by atoms with Crippen molar-refractivity contribution in [2.24, 2.45) is 0 Å². The van der Waals surface area contributed by atoms with Gasteiger partial charge in [0.25, 0.3) is 5.91 Å². The quantitative estimate of drug-likeness (QED) is 0.569. The third-order valence-electron chi connectivity index (χ3n) is 4.53. The van der Waals surface area contributed by atoms with Gasteiger partial charge in [0.1, 0.15) is 5.76 Å². The lowest BCUT2D eigenvalue weighted by atomic mass is 10.2. The van der Waals surface area contributed by atoms with Gasteiger partial charge in [0.15, 0.2) is 11.6 Å². The Balaban J connectivity index is 1.48. The van der Waals surface area contributed by atoms with E-state index in [0.717, 1.165) is 17.0 Å². The number of carbonyl (C=O) groups is 1.